The molecule has 1 aliphatic rings. The molecule has 0 spiro atoms. The van der Waals surface area contributed by atoms with Gasteiger partial charge >= 0.3 is 0 Å². The summed E-state index contributed by atoms with van der Waals surface area (Å²) in [4.78, 5) is 0. The molecule has 0 aromatic heterocycles. The molecule has 0 radical (unpaired) electrons. The maximum Gasteiger partial charge on any atom is 0.161 e. The number of methoxy groups -OCH3 is 1. The van der Waals surface area contributed by atoms with Crippen LogP contribution in [-0.2, 0) is 11.2 Å². The Bertz CT molecular complexity index is 759. The molecule has 0 aliphatic carbocycles. The molecule has 134 valence electrons. The summed E-state index contributed by atoms with van der Waals surface area (Å²) >= 11 is 0. The average Bonchev–Trinajstić information content (AvgIpc) is 2.57. The molecule has 0 bridgehead atoms. The Morgan fingerprint density at radius 1 is 1.08 bits per heavy atom. The molecule has 3 rings (SSSR count). The zero-order chi connectivity index (χ0) is 18.0. The van der Waals surface area contributed by atoms with Gasteiger partial charge in [0.2, 0.25) is 0 Å². The largest absolute Gasteiger partial charge is 0.508 e. The fourth-order valence-electron chi connectivity index (χ4n) is 2.82. The molecular weight excluding hydrogens is 328 g/mol. The van der Waals surface area contributed by atoms with E-state index in [1.807, 2.05) is 0 Å². The molecule has 0 saturated carbocycles. The number of aliphatic hydroxyl groups excluding tert-OH is 1. The minimum atomic E-state index is -0.914. The second kappa shape index (κ2) is 7.08. The second-order valence-corrected chi connectivity index (χ2v) is 5.82. The third-order valence-corrected chi connectivity index (χ3v) is 4.04. The van der Waals surface area contributed by atoms with Crippen LogP contribution in [0.2, 0.25) is 0 Å². The van der Waals surface area contributed by atoms with Crippen molar-refractivity contribution >= 4 is 0 Å². The lowest BCUT2D eigenvalue weighted by atomic mass is 9.94. The van der Waals surface area contributed by atoms with Gasteiger partial charge in [-0.3, -0.25) is 0 Å². The molecule has 4 N–H and O–H groups in total. The minimum absolute atomic E-state index is 0.0750. The summed E-state index contributed by atoms with van der Waals surface area (Å²) in [5, 5.41) is 40.0. The first-order valence-corrected chi connectivity index (χ1v) is 7.84. The van der Waals surface area contributed by atoms with E-state index in [-0.39, 0.29) is 23.7 Å². The van der Waals surface area contributed by atoms with Crippen LogP contribution in [0.3, 0.4) is 0 Å². The molecule has 7 nitrogen and oxygen atoms in total. The van der Waals surface area contributed by atoms with Gasteiger partial charge in [-0.1, -0.05) is 6.07 Å². The Morgan fingerprint density at radius 3 is 2.60 bits per heavy atom. The standard InChI is InChI=1S/C18H20O7/c1-23-4-5-24-16-3-2-10(6-14(16)21)18-15(22)9-12-13(20)7-11(19)8-17(12)25-18/h2-3,6-8,15,18-22H,4-5,9H2,1H3. The summed E-state index contributed by atoms with van der Waals surface area (Å²) in [7, 11) is 1.56. The number of fused-ring (bicyclic) bond motifs is 1. The van der Waals surface area contributed by atoms with Crippen molar-refractivity contribution in [2.75, 3.05) is 20.3 Å². The Hall–Kier alpha value is -2.64. The van der Waals surface area contributed by atoms with E-state index in [4.69, 9.17) is 14.2 Å². The highest BCUT2D eigenvalue weighted by Crippen LogP contribution is 2.42. The number of benzene rings is 2. The molecule has 0 saturated heterocycles. The van der Waals surface area contributed by atoms with E-state index in [2.05, 4.69) is 0 Å². The van der Waals surface area contributed by atoms with Crippen molar-refractivity contribution < 1.29 is 34.6 Å². The number of phenolic OH excluding ortho intramolecular Hbond substituents is 3. The number of aromatic hydroxyl groups is 3. The molecular formula is C18H20O7. The van der Waals surface area contributed by atoms with Crippen LogP contribution in [0.25, 0.3) is 0 Å². The van der Waals surface area contributed by atoms with Gasteiger partial charge in [-0.05, 0) is 17.7 Å². The van der Waals surface area contributed by atoms with E-state index in [0.717, 1.165) is 0 Å². The Kier molecular flexibility index (Phi) is 4.87. The number of hydrogen-bond donors (Lipinski definition) is 4. The van der Waals surface area contributed by atoms with Crippen LogP contribution < -0.4 is 9.47 Å². The van der Waals surface area contributed by atoms with Gasteiger partial charge in [-0.25, -0.2) is 0 Å². The van der Waals surface area contributed by atoms with Crippen molar-refractivity contribution in [1.82, 2.24) is 0 Å². The van der Waals surface area contributed by atoms with Crippen LogP contribution in [0.4, 0.5) is 0 Å². The monoisotopic (exact) mass is 348 g/mol. The quantitative estimate of drug-likeness (QED) is 0.611. The maximum absolute atomic E-state index is 10.4. The van der Waals surface area contributed by atoms with Crippen molar-refractivity contribution in [3.05, 3.63) is 41.5 Å². The van der Waals surface area contributed by atoms with E-state index in [1.54, 1.807) is 19.2 Å². The summed E-state index contributed by atoms with van der Waals surface area (Å²) in [6.07, 6.45) is -1.49. The highest BCUT2D eigenvalue weighted by atomic mass is 16.5. The van der Waals surface area contributed by atoms with Crippen molar-refractivity contribution in [3.63, 3.8) is 0 Å². The SMILES string of the molecule is COCCOc1ccc(C2Oc3cc(O)cc(O)c3CC2O)cc1O. The van der Waals surface area contributed by atoms with Crippen LogP contribution in [0.5, 0.6) is 28.7 Å². The lowest BCUT2D eigenvalue weighted by molar-refractivity contribution is 0.0196. The number of phenols is 3. The third-order valence-electron chi connectivity index (χ3n) is 4.04. The molecule has 0 amide bonds. The normalized spacial score (nSPS) is 19.1. The van der Waals surface area contributed by atoms with Gasteiger partial charge in [-0.15, -0.1) is 0 Å². The van der Waals surface area contributed by atoms with Crippen LogP contribution in [0, 0.1) is 0 Å². The molecule has 2 unspecified atom stereocenters. The lowest BCUT2D eigenvalue weighted by Crippen LogP contribution is -2.30. The van der Waals surface area contributed by atoms with E-state index in [1.165, 1.54) is 18.2 Å². The summed E-state index contributed by atoms with van der Waals surface area (Å²) in [6, 6.07) is 7.32. The molecule has 2 aromatic carbocycles. The van der Waals surface area contributed by atoms with Gasteiger partial charge in [-0.2, -0.15) is 0 Å². The highest BCUT2D eigenvalue weighted by molar-refractivity contribution is 5.52. The molecule has 2 aromatic rings. The van der Waals surface area contributed by atoms with Gasteiger partial charge < -0.3 is 34.6 Å². The molecule has 7 heteroatoms. The average molecular weight is 348 g/mol. The van der Waals surface area contributed by atoms with Gasteiger partial charge in [0, 0.05) is 31.2 Å². The molecule has 0 fully saturated rings. The van der Waals surface area contributed by atoms with E-state index >= 15 is 0 Å². The Morgan fingerprint density at radius 2 is 1.88 bits per heavy atom. The van der Waals surface area contributed by atoms with E-state index in [9.17, 15) is 20.4 Å². The fourth-order valence-corrected chi connectivity index (χ4v) is 2.82. The molecule has 1 heterocycles. The summed E-state index contributed by atoms with van der Waals surface area (Å²) in [5.74, 6) is 0.275. The lowest BCUT2D eigenvalue weighted by Gasteiger charge is -2.31. The maximum atomic E-state index is 10.4. The zero-order valence-corrected chi connectivity index (χ0v) is 13.7. The fraction of sp³-hybridized carbons (Fsp3) is 0.333. The van der Waals surface area contributed by atoms with E-state index in [0.29, 0.717) is 35.8 Å². The van der Waals surface area contributed by atoms with Crippen molar-refractivity contribution in [1.29, 1.82) is 0 Å². The number of hydrogen-bond acceptors (Lipinski definition) is 7. The minimum Gasteiger partial charge on any atom is -0.508 e. The predicted molar refractivity (Wildman–Crippen MR) is 88.3 cm³/mol. The number of aliphatic hydroxyl groups is 1. The summed E-state index contributed by atoms with van der Waals surface area (Å²) in [5.41, 5.74) is 0.989. The van der Waals surface area contributed by atoms with Gasteiger partial charge in [0.15, 0.2) is 11.5 Å². The predicted octanol–water partition coefficient (Wildman–Crippen LogP) is 1.87. The van der Waals surface area contributed by atoms with Crippen molar-refractivity contribution in [2.45, 2.75) is 18.6 Å². The Labute approximate surface area is 144 Å². The topological polar surface area (TPSA) is 109 Å². The molecule has 2 atom stereocenters. The van der Waals surface area contributed by atoms with Crippen molar-refractivity contribution in [2.24, 2.45) is 0 Å². The first-order chi connectivity index (χ1) is 12.0. The summed E-state index contributed by atoms with van der Waals surface area (Å²) < 4.78 is 16.0. The first kappa shape index (κ1) is 17.2. The van der Waals surface area contributed by atoms with Crippen LogP contribution in [-0.4, -0.2) is 46.9 Å². The number of ether oxygens (including phenoxy) is 3. The van der Waals surface area contributed by atoms with Gasteiger partial charge in [0.1, 0.15) is 30.0 Å². The van der Waals surface area contributed by atoms with Crippen LogP contribution in [0.15, 0.2) is 30.3 Å². The van der Waals surface area contributed by atoms with Gasteiger partial charge in [0.25, 0.3) is 0 Å². The van der Waals surface area contributed by atoms with Crippen molar-refractivity contribution in [3.8, 4) is 28.7 Å². The van der Waals surface area contributed by atoms with Gasteiger partial charge in [0.05, 0.1) is 12.7 Å². The second-order valence-electron chi connectivity index (χ2n) is 5.82. The highest BCUT2D eigenvalue weighted by Gasteiger charge is 2.32. The van der Waals surface area contributed by atoms with E-state index < -0.39 is 12.2 Å². The smallest absolute Gasteiger partial charge is 0.161 e. The third kappa shape index (κ3) is 3.57. The summed E-state index contributed by atoms with van der Waals surface area (Å²) in [6.45, 7) is 0.702. The Balaban J connectivity index is 1.83. The van der Waals surface area contributed by atoms with Crippen LogP contribution >= 0.6 is 0 Å². The first-order valence-electron chi connectivity index (χ1n) is 7.84. The van der Waals surface area contributed by atoms with Crippen LogP contribution in [0.1, 0.15) is 17.2 Å². The molecule has 25 heavy (non-hydrogen) atoms. The number of rotatable bonds is 5. The zero-order valence-electron chi connectivity index (χ0n) is 13.7. The molecule has 1 aliphatic heterocycles.